The Labute approximate surface area is 111 Å². The third-order valence-electron chi connectivity index (χ3n) is 2.92. The van der Waals surface area contributed by atoms with E-state index in [0.717, 1.165) is 35.5 Å². The molecule has 0 radical (unpaired) electrons. The van der Waals surface area contributed by atoms with Crippen molar-refractivity contribution in [2.24, 2.45) is 0 Å². The number of benzene rings is 1. The molecule has 0 amide bonds. The molecule has 1 aromatic rings. The number of ether oxygens (including phenoxy) is 2. The molecule has 1 unspecified atom stereocenters. The molecular weight excluding hydrogens is 282 g/mol. The highest BCUT2D eigenvalue weighted by Gasteiger charge is 2.18. The summed E-state index contributed by atoms with van der Waals surface area (Å²) in [6, 6.07) is 6.07. The van der Waals surface area contributed by atoms with Gasteiger partial charge in [0.15, 0.2) is 0 Å². The molecule has 1 saturated heterocycles. The molecule has 4 heteroatoms. The summed E-state index contributed by atoms with van der Waals surface area (Å²) in [7, 11) is 2.11. The van der Waals surface area contributed by atoms with Crippen LogP contribution in [0.3, 0.4) is 0 Å². The van der Waals surface area contributed by atoms with Gasteiger partial charge in [0.05, 0.1) is 6.61 Å². The summed E-state index contributed by atoms with van der Waals surface area (Å²) < 4.78 is 12.5. The molecule has 1 aliphatic heterocycles. The quantitative estimate of drug-likeness (QED) is 0.856. The molecule has 1 aliphatic rings. The lowest BCUT2D eigenvalue weighted by molar-refractivity contribution is -0.0404. The average Bonchev–Trinajstić information content (AvgIpc) is 2.30. The SMILES string of the molecule is Cc1ccc(Br)cc1OCC1CN(C)CCO1. The van der Waals surface area contributed by atoms with Gasteiger partial charge < -0.3 is 14.4 Å². The maximum atomic E-state index is 5.82. The third-order valence-corrected chi connectivity index (χ3v) is 3.41. The van der Waals surface area contributed by atoms with Crippen LogP contribution in [0.15, 0.2) is 22.7 Å². The Bertz CT molecular complexity index is 384. The molecule has 2 rings (SSSR count). The van der Waals surface area contributed by atoms with E-state index in [0.29, 0.717) is 6.61 Å². The first-order valence-corrected chi connectivity index (χ1v) is 6.63. The monoisotopic (exact) mass is 299 g/mol. The Balaban J connectivity index is 1.90. The minimum absolute atomic E-state index is 0.173. The van der Waals surface area contributed by atoms with Crippen LogP contribution in [0.2, 0.25) is 0 Å². The van der Waals surface area contributed by atoms with Crippen LogP contribution in [0.25, 0.3) is 0 Å². The van der Waals surface area contributed by atoms with Gasteiger partial charge in [0.2, 0.25) is 0 Å². The van der Waals surface area contributed by atoms with E-state index in [2.05, 4.69) is 34.8 Å². The molecule has 0 bridgehead atoms. The van der Waals surface area contributed by atoms with Gasteiger partial charge in [0.25, 0.3) is 0 Å². The topological polar surface area (TPSA) is 21.7 Å². The molecule has 3 nitrogen and oxygen atoms in total. The van der Waals surface area contributed by atoms with Crippen molar-refractivity contribution in [2.45, 2.75) is 13.0 Å². The molecule has 0 N–H and O–H groups in total. The van der Waals surface area contributed by atoms with Gasteiger partial charge in [-0.1, -0.05) is 22.0 Å². The minimum atomic E-state index is 0.173. The normalized spacial score (nSPS) is 21.5. The van der Waals surface area contributed by atoms with E-state index in [1.165, 1.54) is 0 Å². The first-order valence-electron chi connectivity index (χ1n) is 5.84. The van der Waals surface area contributed by atoms with Crippen molar-refractivity contribution < 1.29 is 9.47 Å². The lowest BCUT2D eigenvalue weighted by Crippen LogP contribution is -2.42. The van der Waals surface area contributed by atoms with Crippen molar-refractivity contribution in [3.05, 3.63) is 28.2 Å². The highest BCUT2D eigenvalue weighted by molar-refractivity contribution is 9.10. The number of hydrogen-bond acceptors (Lipinski definition) is 3. The molecule has 17 heavy (non-hydrogen) atoms. The van der Waals surface area contributed by atoms with Gasteiger partial charge >= 0.3 is 0 Å². The first-order chi connectivity index (χ1) is 8.15. The van der Waals surface area contributed by atoms with Gasteiger partial charge in [-0.25, -0.2) is 0 Å². The lowest BCUT2D eigenvalue weighted by atomic mass is 10.2. The summed E-state index contributed by atoms with van der Waals surface area (Å²) >= 11 is 3.45. The van der Waals surface area contributed by atoms with Gasteiger partial charge in [0, 0.05) is 17.6 Å². The fraction of sp³-hybridized carbons (Fsp3) is 0.538. The number of halogens is 1. The zero-order chi connectivity index (χ0) is 12.3. The number of nitrogens with zero attached hydrogens (tertiary/aromatic N) is 1. The number of aryl methyl sites for hydroxylation is 1. The van der Waals surface area contributed by atoms with E-state index >= 15 is 0 Å². The van der Waals surface area contributed by atoms with Crippen molar-refractivity contribution in [2.75, 3.05) is 33.4 Å². The Morgan fingerprint density at radius 1 is 1.53 bits per heavy atom. The van der Waals surface area contributed by atoms with E-state index < -0.39 is 0 Å². The molecule has 1 fully saturated rings. The molecule has 0 spiro atoms. The summed E-state index contributed by atoms with van der Waals surface area (Å²) in [5.41, 5.74) is 1.15. The second-order valence-corrected chi connectivity index (χ2v) is 5.39. The fourth-order valence-electron chi connectivity index (χ4n) is 1.88. The van der Waals surface area contributed by atoms with Crippen molar-refractivity contribution in [3.63, 3.8) is 0 Å². The van der Waals surface area contributed by atoms with Crippen LogP contribution in [0.4, 0.5) is 0 Å². The minimum Gasteiger partial charge on any atom is -0.491 e. The van der Waals surface area contributed by atoms with Crippen molar-refractivity contribution in [3.8, 4) is 5.75 Å². The van der Waals surface area contributed by atoms with E-state index in [4.69, 9.17) is 9.47 Å². The van der Waals surface area contributed by atoms with E-state index in [1.807, 2.05) is 18.2 Å². The Morgan fingerprint density at radius 3 is 3.12 bits per heavy atom. The molecule has 0 aliphatic carbocycles. The third kappa shape index (κ3) is 3.69. The average molecular weight is 300 g/mol. The first kappa shape index (κ1) is 12.9. The maximum absolute atomic E-state index is 5.82. The summed E-state index contributed by atoms with van der Waals surface area (Å²) in [6.45, 7) is 5.40. The van der Waals surface area contributed by atoms with Gasteiger partial charge in [-0.05, 0) is 31.7 Å². The zero-order valence-electron chi connectivity index (χ0n) is 10.3. The van der Waals surface area contributed by atoms with Gasteiger partial charge in [-0.15, -0.1) is 0 Å². The van der Waals surface area contributed by atoms with Crippen molar-refractivity contribution in [1.29, 1.82) is 0 Å². The summed E-state index contributed by atoms with van der Waals surface area (Å²) in [5.74, 6) is 0.927. The molecule has 1 heterocycles. The summed E-state index contributed by atoms with van der Waals surface area (Å²) in [6.07, 6.45) is 0.173. The Morgan fingerprint density at radius 2 is 2.35 bits per heavy atom. The summed E-state index contributed by atoms with van der Waals surface area (Å²) in [5, 5.41) is 0. The molecule has 0 aromatic heterocycles. The standard InChI is InChI=1S/C13H18BrNO2/c1-10-3-4-11(14)7-13(10)17-9-12-8-15(2)5-6-16-12/h3-4,7,12H,5-6,8-9H2,1-2H3. The Kier molecular flexibility index (Phi) is 4.42. The lowest BCUT2D eigenvalue weighted by Gasteiger charge is -2.30. The number of likely N-dealkylation sites (N-methyl/N-ethyl adjacent to an activating group) is 1. The van der Waals surface area contributed by atoms with Crippen molar-refractivity contribution >= 4 is 15.9 Å². The van der Waals surface area contributed by atoms with Crippen LogP contribution in [0.5, 0.6) is 5.75 Å². The number of hydrogen-bond donors (Lipinski definition) is 0. The molecule has 94 valence electrons. The van der Waals surface area contributed by atoms with Crippen LogP contribution >= 0.6 is 15.9 Å². The van der Waals surface area contributed by atoms with Crippen LogP contribution in [0, 0.1) is 6.92 Å². The smallest absolute Gasteiger partial charge is 0.123 e. The molecule has 1 aromatic carbocycles. The number of rotatable bonds is 3. The highest BCUT2D eigenvalue weighted by atomic mass is 79.9. The van der Waals surface area contributed by atoms with E-state index in [-0.39, 0.29) is 6.10 Å². The Hall–Kier alpha value is -0.580. The van der Waals surface area contributed by atoms with Crippen LogP contribution in [-0.2, 0) is 4.74 Å². The van der Waals surface area contributed by atoms with Gasteiger partial charge in [0.1, 0.15) is 18.5 Å². The highest BCUT2D eigenvalue weighted by Crippen LogP contribution is 2.23. The van der Waals surface area contributed by atoms with Gasteiger partial charge in [-0.3, -0.25) is 0 Å². The van der Waals surface area contributed by atoms with E-state index in [1.54, 1.807) is 0 Å². The number of morpholine rings is 1. The summed E-state index contributed by atoms with van der Waals surface area (Å²) in [4.78, 5) is 2.27. The molecular formula is C13H18BrNO2. The molecule has 1 atom stereocenters. The van der Waals surface area contributed by atoms with Crippen LogP contribution < -0.4 is 4.74 Å². The molecule has 0 saturated carbocycles. The predicted octanol–water partition coefficient (Wildman–Crippen LogP) is 2.47. The second-order valence-electron chi connectivity index (χ2n) is 4.48. The van der Waals surface area contributed by atoms with Crippen molar-refractivity contribution in [1.82, 2.24) is 4.90 Å². The second kappa shape index (κ2) is 5.85. The van der Waals surface area contributed by atoms with Crippen LogP contribution in [-0.4, -0.2) is 44.4 Å². The largest absolute Gasteiger partial charge is 0.491 e. The fourth-order valence-corrected chi connectivity index (χ4v) is 2.22. The predicted molar refractivity (Wildman–Crippen MR) is 71.6 cm³/mol. The maximum Gasteiger partial charge on any atom is 0.123 e. The van der Waals surface area contributed by atoms with Crippen LogP contribution in [0.1, 0.15) is 5.56 Å². The zero-order valence-corrected chi connectivity index (χ0v) is 11.9. The van der Waals surface area contributed by atoms with E-state index in [9.17, 15) is 0 Å². The van der Waals surface area contributed by atoms with Gasteiger partial charge in [-0.2, -0.15) is 0 Å².